The Kier molecular flexibility index (Phi) is 7.72. The lowest BCUT2D eigenvalue weighted by atomic mass is 9.81. The maximum atomic E-state index is 12.2. The van der Waals surface area contributed by atoms with Gasteiger partial charge in [-0.05, 0) is 25.7 Å². The summed E-state index contributed by atoms with van der Waals surface area (Å²) in [5.74, 6) is 0.00834. The molecule has 0 unspecified atom stereocenters. The van der Waals surface area contributed by atoms with Gasteiger partial charge in [0.15, 0.2) is 0 Å². The van der Waals surface area contributed by atoms with Gasteiger partial charge in [0.2, 0.25) is 11.8 Å². The van der Waals surface area contributed by atoms with Crippen LogP contribution in [0.3, 0.4) is 0 Å². The SMILES string of the molecule is CCC(CC)(CN)C(=O)NCCC(=O)NC1CCCCC1. The quantitative estimate of drug-likeness (QED) is 0.637. The summed E-state index contributed by atoms with van der Waals surface area (Å²) in [6.07, 6.45) is 7.63. The lowest BCUT2D eigenvalue weighted by Gasteiger charge is -2.28. The molecule has 1 rings (SSSR count). The first-order valence-electron chi connectivity index (χ1n) is 8.35. The van der Waals surface area contributed by atoms with Crippen molar-refractivity contribution in [1.82, 2.24) is 10.6 Å². The number of amides is 2. The Hall–Kier alpha value is -1.10. The zero-order chi connectivity index (χ0) is 15.7. The van der Waals surface area contributed by atoms with Crippen LogP contribution in [-0.4, -0.2) is 30.9 Å². The van der Waals surface area contributed by atoms with E-state index >= 15 is 0 Å². The van der Waals surface area contributed by atoms with Crippen molar-refractivity contribution in [3.05, 3.63) is 0 Å². The first kappa shape index (κ1) is 18.0. The molecular formula is C16H31N3O2. The van der Waals surface area contributed by atoms with Crippen LogP contribution in [0, 0.1) is 5.41 Å². The maximum absolute atomic E-state index is 12.2. The molecule has 0 spiro atoms. The van der Waals surface area contributed by atoms with E-state index in [1.807, 2.05) is 13.8 Å². The Morgan fingerprint density at radius 2 is 1.76 bits per heavy atom. The van der Waals surface area contributed by atoms with Gasteiger partial charge in [0.25, 0.3) is 0 Å². The maximum Gasteiger partial charge on any atom is 0.227 e. The molecule has 0 bridgehead atoms. The van der Waals surface area contributed by atoms with Crippen LogP contribution in [0.25, 0.3) is 0 Å². The van der Waals surface area contributed by atoms with Gasteiger partial charge < -0.3 is 16.4 Å². The third-order valence-electron chi connectivity index (χ3n) is 4.83. The van der Waals surface area contributed by atoms with E-state index in [0.717, 1.165) is 25.7 Å². The molecule has 0 atom stereocenters. The van der Waals surface area contributed by atoms with Crippen LogP contribution >= 0.6 is 0 Å². The second-order valence-corrected chi connectivity index (χ2v) is 6.10. The molecule has 1 aliphatic rings. The fraction of sp³-hybridized carbons (Fsp3) is 0.875. The van der Waals surface area contributed by atoms with Gasteiger partial charge in [0.1, 0.15) is 0 Å². The summed E-state index contributed by atoms with van der Waals surface area (Å²) in [4.78, 5) is 24.1. The van der Waals surface area contributed by atoms with Crippen LogP contribution in [0.5, 0.6) is 0 Å². The number of rotatable bonds is 8. The van der Waals surface area contributed by atoms with Crippen molar-refractivity contribution in [3.63, 3.8) is 0 Å². The minimum Gasteiger partial charge on any atom is -0.355 e. The smallest absolute Gasteiger partial charge is 0.227 e. The van der Waals surface area contributed by atoms with Crippen LogP contribution in [0.15, 0.2) is 0 Å². The first-order chi connectivity index (χ1) is 10.1. The number of nitrogens with one attached hydrogen (secondary N) is 2. The van der Waals surface area contributed by atoms with Gasteiger partial charge in [-0.15, -0.1) is 0 Å². The Morgan fingerprint density at radius 3 is 2.29 bits per heavy atom. The summed E-state index contributed by atoms with van der Waals surface area (Å²) >= 11 is 0. The Morgan fingerprint density at radius 1 is 1.14 bits per heavy atom. The molecule has 1 fully saturated rings. The van der Waals surface area contributed by atoms with Crippen LogP contribution < -0.4 is 16.4 Å². The first-order valence-corrected chi connectivity index (χ1v) is 8.35. The zero-order valence-corrected chi connectivity index (χ0v) is 13.5. The highest BCUT2D eigenvalue weighted by Gasteiger charge is 2.32. The molecule has 5 nitrogen and oxygen atoms in total. The highest BCUT2D eigenvalue weighted by Crippen LogP contribution is 2.24. The molecule has 122 valence electrons. The Bertz CT molecular complexity index is 326. The average molecular weight is 297 g/mol. The topological polar surface area (TPSA) is 84.2 Å². The van der Waals surface area contributed by atoms with E-state index in [4.69, 9.17) is 5.73 Å². The third-order valence-corrected chi connectivity index (χ3v) is 4.83. The molecule has 0 radical (unpaired) electrons. The van der Waals surface area contributed by atoms with Crippen molar-refractivity contribution in [1.29, 1.82) is 0 Å². The van der Waals surface area contributed by atoms with Gasteiger partial charge in [-0.25, -0.2) is 0 Å². The van der Waals surface area contributed by atoms with Crippen LogP contribution in [0.4, 0.5) is 0 Å². The largest absolute Gasteiger partial charge is 0.355 e. The summed E-state index contributed by atoms with van der Waals surface area (Å²) in [5.41, 5.74) is 5.26. The predicted octanol–water partition coefficient (Wildman–Crippen LogP) is 1.71. The van der Waals surface area contributed by atoms with E-state index < -0.39 is 5.41 Å². The molecule has 0 saturated heterocycles. The van der Waals surface area contributed by atoms with Crippen LogP contribution in [0.1, 0.15) is 65.2 Å². The summed E-state index contributed by atoms with van der Waals surface area (Å²) in [6.45, 7) is 4.69. The second kappa shape index (κ2) is 9.03. The van der Waals surface area contributed by atoms with E-state index in [0.29, 0.717) is 25.6 Å². The second-order valence-electron chi connectivity index (χ2n) is 6.10. The molecule has 0 heterocycles. The van der Waals surface area contributed by atoms with Gasteiger partial charge in [0, 0.05) is 25.6 Å². The fourth-order valence-electron chi connectivity index (χ4n) is 2.98. The van der Waals surface area contributed by atoms with Gasteiger partial charge in [-0.3, -0.25) is 9.59 Å². The molecule has 4 N–H and O–H groups in total. The highest BCUT2D eigenvalue weighted by atomic mass is 16.2. The minimum atomic E-state index is -0.486. The van der Waals surface area contributed by atoms with E-state index in [-0.39, 0.29) is 11.8 Å². The molecule has 2 amide bonds. The normalized spacial score (nSPS) is 16.5. The third kappa shape index (κ3) is 5.30. The zero-order valence-electron chi connectivity index (χ0n) is 13.5. The number of nitrogens with two attached hydrogens (primary N) is 1. The van der Waals surface area contributed by atoms with E-state index in [2.05, 4.69) is 10.6 Å². The lowest BCUT2D eigenvalue weighted by Crippen LogP contribution is -2.46. The Balaban J connectivity index is 2.28. The van der Waals surface area contributed by atoms with E-state index in [1.165, 1.54) is 19.3 Å². The van der Waals surface area contributed by atoms with Crippen molar-refractivity contribution in [2.45, 2.75) is 71.3 Å². The summed E-state index contributed by atoms with van der Waals surface area (Å²) in [5, 5.41) is 5.92. The molecule has 0 aromatic heterocycles. The molecule has 5 heteroatoms. The van der Waals surface area contributed by atoms with Crippen molar-refractivity contribution in [2.24, 2.45) is 11.1 Å². The Labute approximate surface area is 128 Å². The monoisotopic (exact) mass is 297 g/mol. The number of hydrogen-bond donors (Lipinski definition) is 3. The molecule has 1 aliphatic carbocycles. The number of carbonyl (C=O) groups excluding carboxylic acids is 2. The number of carbonyl (C=O) groups is 2. The summed E-state index contributed by atoms with van der Waals surface area (Å²) < 4.78 is 0. The standard InChI is InChI=1S/C16H31N3O2/c1-3-16(4-2,12-17)15(21)18-11-10-14(20)19-13-8-6-5-7-9-13/h13H,3-12,17H2,1-2H3,(H,18,21)(H,19,20). The van der Waals surface area contributed by atoms with Gasteiger partial charge in [0.05, 0.1) is 5.41 Å². The predicted molar refractivity (Wildman–Crippen MR) is 84.7 cm³/mol. The molecule has 21 heavy (non-hydrogen) atoms. The van der Waals surface area contributed by atoms with Gasteiger partial charge >= 0.3 is 0 Å². The molecule has 0 aromatic carbocycles. The molecule has 0 aromatic rings. The summed E-state index contributed by atoms with van der Waals surface area (Å²) in [6, 6.07) is 0.330. The van der Waals surface area contributed by atoms with Crippen molar-refractivity contribution >= 4 is 11.8 Å². The van der Waals surface area contributed by atoms with Crippen LogP contribution in [0.2, 0.25) is 0 Å². The summed E-state index contributed by atoms with van der Waals surface area (Å²) in [7, 11) is 0. The van der Waals surface area contributed by atoms with Gasteiger partial charge in [-0.1, -0.05) is 33.1 Å². The van der Waals surface area contributed by atoms with Crippen molar-refractivity contribution in [3.8, 4) is 0 Å². The molecule has 1 saturated carbocycles. The van der Waals surface area contributed by atoms with Gasteiger partial charge in [-0.2, -0.15) is 0 Å². The molecular weight excluding hydrogens is 266 g/mol. The lowest BCUT2D eigenvalue weighted by molar-refractivity contribution is -0.131. The highest BCUT2D eigenvalue weighted by molar-refractivity contribution is 5.83. The van der Waals surface area contributed by atoms with Crippen LogP contribution in [-0.2, 0) is 9.59 Å². The number of hydrogen-bond acceptors (Lipinski definition) is 3. The van der Waals surface area contributed by atoms with E-state index in [9.17, 15) is 9.59 Å². The van der Waals surface area contributed by atoms with E-state index in [1.54, 1.807) is 0 Å². The fourth-order valence-corrected chi connectivity index (χ4v) is 2.98. The minimum absolute atomic E-state index is 0.0273. The molecule has 0 aliphatic heterocycles. The van der Waals surface area contributed by atoms with Crippen molar-refractivity contribution in [2.75, 3.05) is 13.1 Å². The average Bonchev–Trinajstić information content (AvgIpc) is 2.50. The van der Waals surface area contributed by atoms with Crippen molar-refractivity contribution < 1.29 is 9.59 Å².